The Hall–Kier alpha value is -2.26. The lowest BCUT2D eigenvalue weighted by Gasteiger charge is -2.33. The molecule has 1 aromatic heterocycles. The van der Waals surface area contributed by atoms with E-state index in [0.29, 0.717) is 32.0 Å². The molecule has 0 unspecified atom stereocenters. The Labute approximate surface area is 170 Å². The Morgan fingerprint density at radius 3 is 2.34 bits per heavy atom. The van der Waals surface area contributed by atoms with Crippen molar-refractivity contribution in [1.82, 2.24) is 19.8 Å². The molecule has 3 heterocycles. The summed E-state index contributed by atoms with van der Waals surface area (Å²) < 4.78 is 9.88. The second-order valence-corrected chi connectivity index (χ2v) is 7.76. The average Bonchev–Trinajstić information content (AvgIpc) is 2.74. The SMILES string of the molecule is COCC(=O)N1CCC(c2nc([C@H]3CCCN(C(=O)COC)C3)cc(=O)[nH]2)CC1. The predicted molar refractivity (Wildman–Crippen MR) is 106 cm³/mol. The zero-order chi connectivity index (χ0) is 20.8. The number of carbonyl (C=O) groups excluding carboxylic acids is 2. The number of nitrogens with zero attached hydrogens (tertiary/aromatic N) is 3. The maximum atomic E-state index is 12.3. The zero-order valence-corrected chi connectivity index (χ0v) is 17.2. The second kappa shape index (κ2) is 9.98. The average molecular weight is 406 g/mol. The maximum absolute atomic E-state index is 12.3. The van der Waals surface area contributed by atoms with Gasteiger partial charge in [-0.15, -0.1) is 0 Å². The zero-order valence-electron chi connectivity index (χ0n) is 17.2. The van der Waals surface area contributed by atoms with Gasteiger partial charge in [-0.05, 0) is 25.7 Å². The molecule has 2 fully saturated rings. The molecule has 1 aromatic rings. The number of amides is 2. The molecule has 2 amide bonds. The van der Waals surface area contributed by atoms with Gasteiger partial charge in [0.05, 0.1) is 5.69 Å². The number of aromatic amines is 1. The van der Waals surface area contributed by atoms with E-state index in [1.54, 1.807) is 15.9 Å². The monoisotopic (exact) mass is 406 g/mol. The molecule has 29 heavy (non-hydrogen) atoms. The first-order valence-electron chi connectivity index (χ1n) is 10.2. The fourth-order valence-electron chi connectivity index (χ4n) is 4.18. The number of rotatable bonds is 6. The van der Waals surface area contributed by atoms with Crippen LogP contribution < -0.4 is 5.56 Å². The number of nitrogens with one attached hydrogen (secondary N) is 1. The topological polar surface area (TPSA) is 105 Å². The molecule has 1 N–H and O–H groups in total. The molecule has 0 aliphatic carbocycles. The number of methoxy groups -OCH3 is 2. The summed E-state index contributed by atoms with van der Waals surface area (Å²) in [6, 6.07) is 1.55. The van der Waals surface area contributed by atoms with E-state index in [2.05, 4.69) is 4.98 Å². The van der Waals surface area contributed by atoms with Crippen molar-refractivity contribution in [2.24, 2.45) is 0 Å². The lowest BCUT2D eigenvalue weighted by molar-refractivity contribution is -0.137. The Bertz CT molecular complexity index is 772. The number of ether oxygens (including phenoxy) is 2. The summed E-state index contributed by atoms with van der Waals surface area (Å²) in [5.74, 6) is 0.809. The van der Waals surface area contributed by atoms with E-state index in [1.807, 2.05) is 0 Å². The Morgan fingerprint density at radius 2 is 1.69 bits per heavy atom. The molecule has 2 aliphatic rings. The van der Waals surface area contributed by atoms with Crippen LogP contribution in [-0.4, -0.2) is 85.2 Å². The van der Waals surface area contributed by atoms with E-state index in [4.69, 9.17) is 14.5 Å². The molecule has 0 radical (unpaired) electrons. The third-order valence-electron chi connectivity index (χ3n) is 5.74. The number of aromatic nitrogens is 2. The van der Waals surface area contributed by atoms with Crippen LogP contribution in [0.5, 0.6) is 0 Å². The van der Waals surface area contributed by atoms with Gasteiger partial charge in [0.25, 0.3) is 5.56 Å². The van der Waals surface area contributed by atoms with Crippen LogP contribution in [0.4, 0.5) is 0 Å². The molecule has 0 spiro atoms. The normalized spacial score (nSPS) is 20.7. The van der Waals surface area contributed by atoms with Gasteiger partial charge in [0.2, 0.25) is 11.8 Å². The number of H-pyrrole nitrogens is 1. The third-order valence-corrected chi connectivity index (χ3v) is 5.74. The van der Waals surface area contributed by atoms with Crippen molar-refractivity contribution in [3.05, 3.63) is 27.9 Å². The number of carbonyl (C=O) groups is 2. The molecule has 9 heteroatoms. The van der Waals surface area contributed by atoms with Gasteiger partial charge in [0.15, 0.2) is 0 Å². The summed E-state index contributed by atoms with van der Waals surface area (Å²) in [5.41, 5.74) is 0.583. The van der Waals surface area contributed by atoms with Crippen molar-refractivity contribution in [2.75, 3.05) is 53.6 Å². The van der Waals surface area contributed by atoms with Crippen LogP contribution in [-0.2, 0) is 19.1 Å². The predicted octanol–water partition coefficient (Wildman–Crippen LogP) is 0.475. The minimum atomic E-state index is -0.164. The molecule has 160 valence electrons. The first-order valence-corrected chi connectivity index (χ1v) is 10.2. The minimum absolute atomic E-state index is 0.0100. The van der Waals surface area contributed by atoms with Gasteiger partial charge in [0, 0.05) is 58.3 Å². The molecule has 1 atom stereocenters. The molecular formula is C20H30N4O5. The lowest BCUT2D eigenvalue weighted by Crippen LogP contribution is -2.41. The molecule has 2 aliphatic heterocycles. The van der Waals surface area contributed by atoms with E-state index < -0.39 is 0 Å². The smallest absolute Gasteiger partial charge is 0.251 e. The van der Waals surface area contributed by atoms with Crippen molar-refractivity contribution in [3.8, 4) is 0 Å². The van der Waals surface area contributed by atoms with Crippen LogP contribution in [0.2, 0.25) is 0 Å². The number of hydrogen-bond acceptors (Lipinski definition) is 6. The highest BCUT2D eigenvalue weighted by Gasteiger charge is 2.28. The van der Waals surface area contributed by atoms with Crippen molar-refractivity contribution >= 4 is 11.8 Å². The van der Waals surface area contributed by atoms with Gasteiger partial charge >= 0.3 is 0 Å². The fourth-order valence-corrected chi connectivity index (χ4v) is 4.18. The molecule has 0 bridgehead atoms. The lowest BCUT2D eigenvalue weighted by atomic mass is 9.93. The van der Waals surface area contributed by atoms with Gasteiger partial charge in [-0.3, -0.25) is 14.4 Å². The largest absolute Gasteiger partial charge is 0.375 e. The molecule has 0 saturated carbocycles. The minimum Gasteiger partial charge on any atom is -0.375 e. The first kappa shape index (κ1) is 21.4. The highest BCUT2D eigenvalue weighted by atomic mass is 16.5. The summed E-state index contributed by atoms with van der Waals surface area (Å²) in [6.45, 7) is 2.69. The van der Waals surface area contributed by atoms with Crippen LogP contribution in [0.1, 0.15) is 49.0 Å². The van der Waals surface area contributed by atoms with Gasteiger partial charge in [-0.1, -0.05) is 0 Å². The third kappa shape index (κ3) is 5.42. The van der Waals surface area contributed by atoms with Crippen LogP contribution >= 0.6 is 0 Å². The Kier molecular flexibility index (Phi) is 7.38. The van der Waals surface area contributed by atoms with Gasteiger partial charge in [-0.25, -0.2) is 4.98 Å². The summed E-state index contributed by atoms with van der Waals surface area (Å²) >= 11 is 0. The highest BCUT2D eigenvalue weighted by Crippen LogP contribution is 2.28. The van der Waals surface area contributed by atoms with E-state index >= 15 is 0 Å². The highest BCUT2D eigenvalue weighted by molar-refractivity contribution is 5.78. The van der Waals surface area contributed by atoms with Crippen LogP contribution in [0.15, 0.2) is 10.9 Å². The Balaban J connectivity index is 1.68. The van der Waals surface area contributed by atoms with Crippen molar-refractivity contribution in [3.63, 3.8) is 0 Å². The molecule has 3 rings (SSSR count). The van der Waals surface area contributed by atoms with Crippen LogP contribution in [0.25, 0.3) is 0 Å². The van der Waals surface area contributed by atoms with Crippen molar-refractivity contribution < 1.29 is 19.1 Å². The molecule has 9 nitrogen and oxygen atoms in total. The number of hydrogen-bond donors (Lipinski definition) is 1. The fraction of sp³-hybridized carbons (Fsp3) is 0.700. The van der Waals surface area contributed by atoms with Gasteiger partial charge in [0.1, 0.15) is 19.0 Å². The second-order valence-electron chi connectivity index (χ2n) is 7.76. The standard InChI is InChI=1S/C20H30N4O5/c1-28-12-18(26)23-8-5-14(6-9-23)20-21-16(10-17(25)22-20)15-4-3-7-24(11-15)19(27)13-29-2/h10,14-15H,3-9,11-13H2,1-2H3,(H,21,22,25)/t15-/m0/s1. The molecule has 0 aromatic carbocycles. The number of likely N-dealkylation sites (tertiary alicyclic amines) is 2. The van der Waals surface area contributed by atoms with Crippen LogP contribution in [0.3, 0.4) is 0 Å². The summed E-state index contributed by atoms with van der Waals surface area (Å²) in [7, 11) is 3.03. The maximum Gasteiger partial charge on any atom is 0.251 e. The van der Waals surface area contributed by atoms with E-state index in [0.717, 1.165) is 31.4 Å². The van der Waals surface area contributed by atoms with E-state index in [9.17, 15) is 14.4 Å². The summed E-state index contributed by atoms with van der Waals surface area (Å²) in [5, 5.41) is 0. The number of piperidine rings is 2. The first-order chi connectivity index (χ1) is 14.0. The van der Waals surface area contributed by atoms with Gasteiger partial charge < -0.3 is 24.3 Å². The molecule has 2 saturated heterocycles. The Morgan fingerprint density at radius 1 is 1.03 bits per heavy atom. The van der Waals surface area contributed by atoms with Crippen LogP contribution in [0, 0.1) is 0 Å². The molecular weight excluding hydrogens is 376 g/mol. The van der Waals surface area contributed by atoms with E-state index in [-0.39, 0.29) is 42.4 Å². The van der Waals surface area contributed by atoms with Crippen molar-refractivity contribution in [2.45, 2.75) is 37.5 Å². The van der Waals surface area contributed by atoms with Gasteiger partial charge in [-0.2, -0.15) is 0 Å². The quantitative estimate of drug-likeness (QED) is 0.737. The summed E-state index contributed by atoms with van der Waals surface area (Å²) in [4.78, 5) is 47.7. The summed E-state index contributed by atoms with van der Waals surface area (Å²) in [6.07, 6.45) is 3.29. The van der Waals surface area contributed by atoms with E-state index in [1.165, 1.54) is 14.2 Å². The van der Waals surface area contributed by atoms with Crippen molar-refractivity contribution in [1.29, 1.82) is 0 Å².